The van der Waals surface area contributed by atoms with E-state index in [9.17, 15) is 9.59 Å². The first-order valence-electron chi connectivity index (χ1n) is 4.89. The smallest absolute Gasteiger partial charge is 0.260 e. The van der Waals surface area contributed by atoms with Crippen LogP contribution in [-0.4, -0.2) is 23.3 Å². The molecule has 0 saturated carbocycles. The molecule has 16 heavy (non-hydrogen) atoms. The third-order valence-corrected chi connectivity index (χ3v) is 3.72. The molecule has 0 N–H and O–H groups in total. The molecular formula is C11H9BrClNO2. The van der Waals surface area contributed by atoms with Crippen LogP contribution in [0.4, 0.5) is 0 Å². The number of hydrogen-bond donors (Lipinski definition) is 0. The van der Waals surface area contributed by atoms with E-state index in [1.807, 2.05) is 0 Å². The fourth-order valence-electron chi connectivity index (χ4n) is 1.65. The Morgan fingerprint density at radius 2 is 2.19 bits per heavy atom. The minimum atomic E-state index is -0.267. The van der Waals surface area contributed by atoms with Gasteiger partial charge in [-0.15, -0.1) is 0 Å². The summed E-state index contributed by atoms with van der Waals surface area (Å²) in [5.41, 5.74) is 0.448. The van der Waals surface area contributed by atoms with Crippen molar-refractivity contribution in [2.24, 2.45) is 0 Å². The van der Waals surface area contributed by atoms with Gasteiger partial charge in [-0.25, -0.2) is 0 Å². The van der Waals surface area contributed by atoms with Crippen molar-refractivity contribution < 1.29 is 9.59 Å². The molecule has 0 radical (unpaired) electrons. The van der Waals surface area contributed by atoms with Gasteiger partial charge in [0.2, 0.25) is 5.91 Å². The summed E-state index contributed by atoms with van der Waals surface area (Å²) in [6, 6.07) is 4.93. The van der Waals surface area contributed by atoms with Gasteiger partial charge in [-0.2, -0.15) is 0 Å². The van der Waals surface area contributed by atoms with Crippen molar-refractivity contribution >= 4 is 39.3 Å². The van der Waals surface area contributed by atoms with Crippen molar-refractivity contribution in [3.05, 3.63) is 33.3 Å². The van der Waals surface area contributed by atoms with E-state index in [-0.39, 0.29) is 11.8 Å². The highest BCUT2D eigenvalue weighted by molar-refractivity contribution is 9.10. The zero-order chi connectivity index (χ0) is 11.7. The Morgan fingerprint density at radius 3 is 2.75 bits per heavy atom. The van der Waals surface area contributed by atoms with Crippen LogP contribution in [0.25, 0.3) is 0 Å². The van der Waals surface area contributed by atoms with Crippen LogP contribution in [0.15, 0.2) is 22.7 Å². The van der Waals surface area contributed by atoms with Crippen LogP contribution in [0.3, 0.4) is 0 Å². The molecule has 0 spiro atoms. The number of imide groups is 1. The lowest BCUT2D eigenvalue weighted by Gasteiger charge is -2.13. The molecule has 0 unspecified atom stereocenters. The fourth-order valence-corrected chi connectivity index (χ4v) is 2.08. The number of carbonyl (C=O) groups is 2. The Morgan fingerprint density at radius 1 is 1.44 bits per heavy atom. The van der Waals surface area contributed by atoms with Crippen LogP contribution in [0, 0.1) is 0 Å². The van der Waals surface area contributed by atoms with E-state index in [4.69, 9.17) is 11.6 Å². The van der Waals surface area contributed by atoms with E-state index in [0.717, 1.165) is 10.9 Å². The summed E-state index contributed by atoms with van der Waals surface area (Å²) in [5, 5.41) is 0.470. The van der Waals surface area contributed by atoms with Gasteiger partial charge in [0.15, 0.2) is 0 Å². The summed E-state index contributed by atoms with van der Waals surface area (Å²) in [6.07, 6.45) is 1.20. The normalized spacial score (nSPS) is 15.6. The standard InChI is InChI=1S/C11H9BrClNO2/c12-8-4-3-7(6-9(8)13)11(16)14-5-1-2-10(14)15/h3-4,6H,1-2,5H2. The lowest BCUT2D eigenvalue weighted by atomic mass is 10.2. The zero-order valence-electron chi connectivity index (χ0n) is 8.37. The van der Waals surface area contributed by atoms with Gasteiger partial charge in [0.1, 0.15) is 0 Å². The summed E-state index contributed by atoms with van der Waals surface area (Å²) in [5.74, 6) is -0.374. The lowest BCUT2D eigenvalue weighted by molar-refractivity contribution is -0.125. The van der Waals surface area contributed by atoms with Gasteiger partial charge in [0, 0.05) is 23.0 Å². The zero-order valence-corrected chi connectivity index (χ0v) is 10.7. The molecular weight excluding hydrogens is 293 g/mol. The molecule has 1 aromatic rings. The molecule has 1 aromatic carbocycles. The van der Waals surface area contributed by atoms with Crippen molar-refractivity contribution in [2.45, 2.75) is 12.8 Å². The van der Waals surface area contributed by atoms with Crippen LogP contribution in [-0.2, 0) is 4.79 Å². The molecule has 0 atom stereocenters. The van der Waals surface area contributed by atoms with Crippen molar-refractivity contribution in [3.8, 4) is 0 Å². The maximum absolute atomic E-state index is 12.0. The van der Waals surface area contributed by atoms with E-state index in [2.05, 4.69) is 15.9 Å². The van der Waals surface area contributed by atoms with E-state index in [0.29, 0.717) is 23.6 Å². The predicted molar refractivity (Wildman–Crippen MR) is 64.4 cm³/mol. The summed E-state index contributed by atoms with van der Waals surface area (Å²) < 4.78 is 0.735. The summed E-state index contributed by atoms with van der Waals surface area (Å²) in [4.78, 5) is 24.6. The molecule has 1 saturated heterocycles. The van der Waals surface area contributed by atoms with Crippen LogP contribution < -0.4 is 0 Å². The predicted octanol–water partition coefficient (Wildman–Crippen LogP) is 2.87. The summed E-state index contributed by atoms with van der Waals surface area (Å²) in [7, 11) is 0. The second-order valence-corrected chi connectivity index (χ2v) is 4.84. The molecule has 0 bridgehead atoms. The van der Waals surface area contributed by atoms with E-state index in [1.54, 1.807) is 18.2 Å². The van der Waals surface area contributed by atoms with Gasteiger partial charge < -0.3 is 0 Å². The number of halogens is 2. The average molecular weight is 303 g/mol. The van der Waals surface area contributed by atoms with Gasteiger partial charge >= 0.3 is 0 Å². The molecule has 1 heterocycles. The Labute approximate surface area is 107 Å². The third kappa shape index (κ3) is 2.13. The molecule has 2 amide bonds. The van der Waals surface area contributed by atoms with Gasteiger partial charge in [-0.1, -0.05) is 11.6 Å². The molecule has 1 fully saturated rings. The first-order valence-corrected chi connectivity index (χ1v) is 6.06. The number of nitrogens with zero attached hydrogens (tertiary/aromatic N) is 1. The molecule has 84 valence electrons. The molecule has 0 aliphatic carbocycles. The Kier molecular flexibility index (Phi) is 3.30. The minimum absolute atomic E-state index is 0.107. The first kappa shape index (κ1) is 11.6. The first-order chi connectivity index (χ1) is 7.59. The molecule has 2 rings (SSSR count). The average Bonchev–Trinajstić information content (AvgIpc) is 2.67. The van der Waals surface area contributed by atoms with Gasteiger partial charge in [0.25, 0.3) is 5.91 Å². The summed E-state index contributed by atoms with van der Waals surface area (Å²) in [6.45, 7) is 0.505. The number of carbonyl (C=O) groups excluding carboxylic acids is 2. The van der Waals surface area contributed by atoms with Crippen LogP contribution in [0.2, 0.25) is 5.02 Å². The number of hydrogen-bond acceptors (Lipinski definition) is 2. The topological polar surface area (TPSA) is 37.4 Å². The number of rotatable bonds is 1. The van der Waals surface area contributed by atoms with Gasteiger partial charge in [0.05, 0.1) is 5.02 Å². The Balaban J connectivity index is 2.27. The highest BCUT2D eigenvalue weighted by Crippen LogP contribution is 2.24. The highest BCUT2D eigenvalue weighted by Gasteiger charge is 2.27. The van der Waals surface area contributed by atoms with Crippen LogP contribution in [0.1, 0.15) is 23.2 Å². The number of amides is 2. The molecule has 0 aromatic heterocycles. The lowest BCUT2D eigenvalue weighted by Crippen LogP contribution is -2.31. The largest absolute Gasteiger partial charge is 0.279 e. The van der Waals surface area contributed by atoms with Crippen molar-refractivity contribution in [1.29, 1.82) is 0 Å². The highest BCUT2D eigenvalue weighted by atomic mass is 79.9. The molecule has 1 aliphatic heterocycles. The quantitative estimate of drug-likeness (QED) is 0.748. The van der Waals surface area contributed by atoms with E-state index < -0.39 is 0 Å². The number of benzene rings is 1. The van der Waals surface area contributed by atoms with Crippen molar-refractivity contribution in [2.75, 3.05) is 6.54 Å². The second-order valence-electron chi connectivity index (χ2n) is 3.58. The van der Waals surface area contributed by atoms with Crippen LogP contribution in [0.5, 0.6) is 0 Å². The van der Waals surface area contributed by atoms with E-state index >= 15 is 0 Å². The Bertz CT molecular complexity index is 461. The minimum Gasteiger partial charge on any atom is -0.279 e. The molecule has 5 heteroatoms. The monoisotopic (exact) mass is 301 g/mol. The maximum atomic E-state index is 12.0. The fraction of sp³-hybridized carbons (Fsp3) is 0.273. The Hall–Kier alpha value is -0.870. The van der Waals surface area contributed by atoms with E-state index in [1.165, 1.54) is 4.90 Å². The second kappa shape index (κ2) is 4.55. The van der Waals surface area contributed by atoms with Crippen molar-refractivity contribution in [1.82, 2.24) is 4.90 Å². The SMILES string of the molecule is O=C1CCCN1C(=O)c1ccc(Br)c(Cl)c1. The maximum Gasteiger partial charge on any atom is 0.260 e. The molecule has 1 aliphatic rings. The summed E-state index contributed by atoms with van der Waals surface area (Å²) >= 11 is 9.15. The molecule has 3 nitrogen and oxygen atoms in total. The number of likely N-dealkylation sites (tertiary alicyclic amines) is 1. The van der Waals surface area contributed by atoms with Gasteiger partial charge in [-0.3, -0.25) is 14.5 Å². The van der Waals surface area contributed by atoms with Crippen molar-refractivity contribution in [3.63, 3.8) is 0 Å². The third-order valence-electron chi connectivity index (χ3n) is 2.49. The van der Waals surface area contributed by atoms with Gasteiger partial charge in [-0.05, 0) is 40.5 Å². The van der Waals surface area contributed by atoms with Crippen LogP contribution >= 0.6 is 27.5 Å².